The minimum Gasteiger partial charge on any atom is -0.311 e. The van der Waals surface area contributed by atoms with Crippen molar-refractivity contribution in [3.63, 3.8) is 0 Å². The summed E-state index contributed by atoms with van der Waals surface area (Å²) < 4.78 is 0.981. The third kappa shape index (κ3) is 4.14. The molecule has 5 nitrogen and oxygen atoms in total. The summed E-state index contributed by atoms with van der Waals surface area (Å²) in [5.41, 5.74) is 5.30. The summed E-state index contributed by atoms with van der Waals surface area (Å²) >= 11 is 3.37. The van der Waals surface area contributed by atoms with Crippen molar-refractivity contribution in [2.75, 3.05) is 11.4 Å². The van der Waals surface area contributed by atoms with Gasteiger partial charge in [0.2, 0.25) is 11.8 Å². The fourth-order valence-corrected chi connectivity index (χ4v) is 3.06. The van der Waals surface area contributed by atoms with E-state index in [0.29, 0.717) is 6.54 Å². The maximum atomic E-state index is 12.3. The molecule has 6 heteroatoms. The number of para-hydroxylation sites is 1. The number of anilines is 1. The van der Waals surface area contributed by atoms with Crippen LogP contribution in [0, 0.1) is 12.8 Å². The average Bonchev–Trinajstić information content (AvgIpc) is 2.99. The lowest BCUT2D eigenvalue weighted by Gasteiger charge is -2.18. The lowest BCUT2D eigenvalue weighted by atomic mass is 10.1. The Balaban J connectivity index is 1.61. The molecule has 1 aliphatic rings. The number of carbonyl (C=O) groups is 2. The molecule has 1 fully saturated rings. The molecule has 0 unspecified atom stereocenters. The van der Waals surface area contributed by atoms with Gasteiger partial charge in [-0.1, -0.05) is 46.3 Å². The minimum absolute atomic E-state index is 0.0358. The molecule has 0 aliphatic carbocycles. The predicted octanol–water partition coefficient (Wildman–Crippen LogP) is 3.26. The maximum absolute atomic E-state index is 12.3. The van der Waals surface area contributed by atoms with Crippen molar-refractivity contribution in [2.45, 2.75) is 13.3 Å². The second-order valence-electron chi connectivity index (χ2n) is 5.98. The van der Waals surface area contributed by atoms with Gasteiger partial charge in [0.1, 0.15) is 0 Å². The molecule has 1 N–H and O–H groups in total. The summed E-state index contributed by atoms with van der Waals surface area (Å²) in [5, 5.41) is 3.99. The van der Waals surface area contributed by atoms with Crippen molar-refractivity contribution in [1.29, 1.82) is 0 Å². The third-order valence-electron chi connectivity index (χ3n) is 4.16. The molecule has 0 radical (unpaired) electrons. The van der Waals surface area contributed by atoms with Gasteiger partial charge in [-0.2, -0.15) is 5.10 Å². The van der Waals surface area contributed by atoms with Crippen molar-refractivity contribution in [2.24, 2.45) is 11.0 Å². The van der Waals surface area contributed by atoms with Crippen LogP contribution >= 0.6 is 15.9 Å². The molecule has 25 heavy (non-hydrogen) atoms. The molecule has 0 bridgehead atoms. The van der Waals surface area contributed by atoms with E-state index in [2.05, 4.69) is 26.5 Å². The molecule has 2 amide bonds. The first-order valence-electron chi connectivity index (χ1n) is 7.99. The number of carbonyl (C=O) groups excluding carboxylic acids is 2. The molecule has 1 atom stereocenters. The first kappa shape index (κ1) is 17.4. The smallest absolute Gasteiger partial charge is 0.245 e. The van der Waals surface area contributed by atoms with Crippen LogP contribution in [0.1, 0.15) is 17.5 Å². The summed E-state index contributed by atoms with van der Waals surface area (Å²) in [4.78, 5) is 26.2. The van der Waals surface area contributed by atoms with E-state index in [1.54, 1.807) is 11.1 Å². The largest absolute Gasteiger partial charge is 0.311 e. The van der Waals surface area contributed by atoms with E-state index in [1.807, 2.05) is 55.5 Å². The lowest BCUT2D eigenvalue weighted by molar-refractivity contribution is -0.126. The molecule has 0 saturated carbocycles. The normalized spacial score (nSPS) is 17.3. The number of benzene rings is 2. The number of aryl methyl sites for hydroxylation is 1. The number of hydrogen-bond donors (Lipinski definition) is 1. The SMILES string of the molecule is Cc1ccccc1N1C[C@H](C(=O)N/N=C/c2ccc(Br)cc2)CC1=O. The first-order chi connectivity index (χ1) is 12.0. The van der Waals surface area contributed by atoms with Gasteiger partial charge in [0, 0.05) is 23.1 Å². The van der Waals surface area contributed by atoms with E-state index in [-0.39, 0.29) is 18.2 Å². The highest BCUT2D eigenvalue weighted by Crippen LogP contribution is 2.27. The zero-order valence-electron chi connectivity index (χ0n) is 13.8. The molecule has 128 valence electrons. The minimum atomic E-state index is -0.394. The van der Waals surface area contributed by atoms with E-state index in [1.165, 1.54) is 0 Å². The molecule has 1 aliphatic heterocycles. The first-order valence-corrected chi connectivity index (χ1v) is 8.78. The monoisotopic (exact) mass is 399 g/mol. The molecule has 1 heterocycles. The highest BCUT2D eigenvalue weighted by atomic mass is 79.9. The van der Waals surface area contributed by atoms with Gasteiger partial charge in [-0.15, -0.1) is 0 Å². The Labute approximate surface area is 154 Å². The van der Waals surface area contributed by atoms with E-state index in [0.717, 1.165) is 21.3 Å². The molecular weight excluding hydrogens is 382 g/mol. The van der Waals surface area contributed by atoms with Crippen molar-refractivity contribution in [1.82, 2.24) is 5.43 Å². The Bertz CT molecular complexity index is 818. The van der Waals surface area contributed by atoms with Gasteiger partial charge in [0.25, 0.3) is 0 Å². The van der Waals surface area contributed by atoms with Gasteiger partial charge in [-0.25, -0.2) is 5.43 Å². The predicted molar refractivity (Wildman–Crippen MR) is 102 cm³/mol. The Morgan fingerprint density at radius 1 is 1.24 bits per heavy atom. The quantitative estimate of drug-likeness (QED) is 0.633. The van der Waals surface area contributed by atoms with Crippen LogP contribution < -0.4 is 10.3 Å². The van der Waals surface area contributed by atoms with E-state index in [4.69, 9.17) is 0 Å². The number of halogens is 1. The van der Waals surface area contributed by atoms with Crippen LogP contribution in [-0.4, -0.2) is 24.6 Å². The van der Waals surface area contributed by atoms with Crippen molar-refractivity contribution >= 4 is 39.6 Å². The third-order valence-corrected chi connectivity index (χ3v) is 4.69. The number of nitrogens with zero attached hydrogens (tertiary/aromatic N) is 2. The second-order valence-corrected chi connectivity index (χ2v) is 6.89. The Morgan fingerprint density at radius 2 is 1.96 bits per heavy atom. The average molecular weight is 400 g/mol. The van der Waals surface area contributed by atoms with Crippen LogP contribution in [0.3, 0.4) is 0 Å². The number of rotatable bonds is 4. The summed E-state index contributed by atoms with van der Waals surface area (Å²) in [6.45, 7) is 2.34. The van der Waals surface area contributed by atoms with E-state index >= 15 is 0 Å². The van der Waals surface area contributed by atoms with Crippen molar-refractivity contribution in [3.05, 3.63) is 64.1 Å². The fraction of sp³-hybridized carbons (Fsp3) is 0.211. The highest BCUT2D eigenvalue weighted by molar-refractivity contribution is 9.10. The van der Waals surface area contributed by atoms with Crippen molar-refractivity contribution < 1.29 is 9.59 Å². The van der Waals surface area contributed by atoms with Crippen LogP contribution in [-0.2, 0) is 9.59 Å². The summed E-state index contributed by atoms with van der Waals surface area (Å²) in [6, 6.07) is 15.3. The number of hydrogen-bond acceptors (Lipinski definition) is 3. The van der Waals surface area contributed by atoms with E-state index < -0.39 is 5.92 Å². The van der Waals surface area contributed by atoms with Crippen LogP contribution in [0.2, 0.25) is 0 Å². The number of amides is 2. The molecule has 3 rings (SSSR count). The second kappa shape index (κ2) is 7.61. The summed E-state index contributed by atoms with van der Waals surface area (Å²) in [5.74, 6) is -0.668. The standard InChI is InChI=1S/C19H18BrN3O2/c1-13-4-2-3-5-17(13)23-12-15(10-18(23)24)19(25)22-21-11-14-6-8-16(20)9-7-14/h2-9,11,15H,10,12H2,1H3,(H,22,25)/b21-11+/t15-/m1/s1. The number of hydrazone groups is 1. The topological polar surface area (TPSA) is 61.8 Å². The molecule has 2 aromatic rings. The Morgan fingerprint density at radius 3 is 2.68 bits per heavy atom. The van der Waals surface area contributed by atoms with Crippen LogP contribution in [0.25, 0.3) is 0 Å². The molecule has 0 spiro atoms. The zero-order valence-corrected chi connectivity index (χ0v) is 15.4. The highest BCUT2D eigenvalue weighted by Gasteiger charge is 2.35. The van der Waals surface area contributed by atoms with Gasteiger partial charge in [0.05, 0.1) is 12.1 Å². The molecule has 2 aromatic carbocycles. The fourth-order valence-electron chi connectivity index (χ4n) is 2.79. The maximum Gasteiger partial charge on any atom is 0.245 e. The number of nitrogens with one attached hydrogen (secondary N) is 1. The Hall–Kier alpha value is -2.47. The van der Waals surface area contributed by atoms with Gasteiger partial charge in [-0.3, -0.25) is 9.59 Å². The van der Waals surface area contributed by atoms with Gasteiger partial charge in [-0.05, 0) is 36.2 Å². The lowest BCUT2D eigenvalue weighted by Crippen LogP contribution is -2.30. The molecule has 0 aromatic heterocycles. The summed E-state index contributed by atoms with van der Waals surface area (Å²) in [7, 11) is 0. The molecular formula is C19H18BrN3O2. The van der Waals surface area contributed by atoms with Gasteiger partial charge < -0.3 is 4.90 Å². The van der Waals surface area contributed by atoms with Crippen LogP contribution in [0.15, 0.2) is 58.1 Å². The van der Waals surface area contributed by atoms with Crippen LogP contribution in [0.4, 0.5) is 5.69 Å². The molecule has 1 saturated heterocycles. The van der Waals surface area contributed by atoms with Gasteiger partial charge in [0.15, 0.2) is 0 Å². The van der Waals surface area contributed by atoms with E-state index in [9.17, 15) is 9.59 Å². The van der Waals surface area contributed by atoms with Crippen molar-refractivity contribution in [3.8, 4) is 0 Å². The Kier molecular flexibility index (Phi) is 5.28. The summed E-state index contributed by atoms with van der Waals surface area (Å²) in [6.07, 6.45) is 1.79. The van der Waals surface area contributed by atoms with Gasteiger partial charge >= 0.3 is 0 Å². The zero-order chi connectivity index (χ0) is 17.8. The van der Waals surface area contributed by atoms with Crippen LogP contribution in [0.5, 0.6) is 0 Å².